The molecule has 0 bridgehead atoms. The fraction of sp³-hybridized carbons (Fsp3) is 0.200. The quantitative estimate of drug-likeness (QED) is 0.617. The van der Waals surface area contributed by atoms with Crippen molar-refractivity contribution >= 4 is 28.1 Å². The molecule has 0 unspecified atom stereocenters. The zero-order valence-corrected chi connectivity index (χ0v) is 15.7. The highest BCUT2D eigenvalue weighted by molar-refractivity contribution is 7.14. The van der Waals surface area contributed by atoms with Crippen molar-refractivity contribution in [1.82, 2.24) is 4.98 Å². The maximum atomic E-state index is 11.7. The zero-order valence-electron chi connectivity index (χ0n) is 14.9. The minimum absolute atomic E-state index is 0.366. The van der Waals surface area contributed by atoms with Gasteiger partial charge >= 0.3 is 5.97 Å². The molecule has 2 aromatic carbocycles. The van der Waals surface area contributed by atoms with Crippen LogP contribution in [0.3, 0.4) is 0 Å². The van der Waals surface area contributed by atoms with Crippen LogP contribution in [0, 0.1) is 6.92 Å². The Kier molecular flexibility index (Phi) is 5.53. The molecule has 0 spiro atoms. The Balaban J connectivity index is 1.85. The third-order valence-corrected chi connectivity index (χ3v) is 4.51. The van der Waals surface area contributed by atoms with Crippen molar-refractivity contribution in [3.05, 3.63) is 59.0 Å². The molecule has 6 heteroatoms. The lowest BCUT2D eigenvalue weighted by Gasteiger charge is -2.09. The Morgan fingerprint density at radius 2 is 2.08 bits per heavy atom. The molecule has 1 heterocycles. The van der Waals surface area contributed by atoms with Gasteiger partial charge in [-0.25, -0.2) is 9.78 Å². The minimum atomic E-state index is -0.366. The first-order chi connectivity index (χ1) is 12.6. The zero-order chi connectivity index (χ0) is 18.5. The average Bonchev–Trinajstić information content (AvgIpc) is 3.11. The molecule has 0 fully saturated rings. The largest absolute Gasteiger partial charge is 0.493 e. The number of rotatable bonds is 6. The van der Waals surface area contributed by atoms with Gasteiger partial charge in [0, 0.05) is 16.6 Å². The van der Waals surface area contributed by atoms with Crippen LogP contribution < -0.4 is 10.1 Å². The van der Waals surface area contributed by atoms with Gasteiger partial charge in [-0.2, -0.15) is 0 Å². The van der Waals surface area contributed by atoms with E-state index in [2.05, 4.69) is 16.4 Å². The van der Waals surface area contributed by atoms with Crippen LogP contribution in [0.15, 0.2) is 47.8 Å². The first-order valence-electron chi connectivity index (χ1n) is 8.25. The van der Waals surface area contributed by atoms with E-state index in [9.17, 15) is 4.79 Å². The van der Waals surface area contributed by atoms with Gasteiger partial charge in [-0.15, -0.1) is 11.3 Å². The summed E-state index contributed by atoms with van der Waals surface area (Å²) in [6.45, 7) is 4.61. The SMILES string of the molecule is CCOc1ccc(C)cc1-c1csc(Nc2cccc(C(=O)OC)c2)n1. The van der Waals surface area contributed by atoms with E-state index in [1.54, 1.807) is 18.2 Å². The second kappa shape index (κ2) is 8.01. The highest BCUT2D eigenvalue weighted by atomic mass is 32.1. The number of hydrogen-bond acceptors (Lipinski definition) is 6. The van der Waals surface area contributed by atoms with Gasteiger partial charge in [0.05, 0.1) is 25.0 Å². The number of methoxy groups -OCH3 is 1. The van der Waals surface area contributed by atoms with Crippen LogP contribution in [0.1, 0.15) is 22.8 Å². The van der Waals surface area contributed by atoms with Gasteiger partial charge in [0.15, 0.2) is 5.13 Å². The van der Waals surface area contributed by atoms with Gasteiger partial charge in [-0.05, 0) is 44.2 Å². The highest BCUT2D eigenvalue weighted by Crippen LogP contribution is 2.34. The van der Waals surface area contributed by atoms with Gasteiger partial charge < -0.3 is 14.8 Å². The predicted octanol–water partition coefficient (Wildman–Crippen LogP) is 5.05. The molecule has 0 aliphatic rings. The lowest BCUT2D eigenvalue weighted by Crippen LogP contribution is -2.01. The van der Waals surface area contributed by atoms with Crippen molar-refractivity contribution in [2.45, 2.75) is 13.8 Å². The molecule has 134 valence electrons. The third kappa shape index (κ3) is 4.03. The molecule has 0 aliphatic heterocycles. The Hall–Kier alpha value is -2.86. The number of thiazole rings is 1. The molecule has 3 rings (SSSR count). The maximum Gasteiger partial charge on any atom is 0.337 e. The number of aromatic nitrogens is 1. The highest BCUT2D eigenvalue weighted by Gasteiger charge is 2.12. The molecule has 0 saturated heterocycles. The molecular weight excluding hydrogens is 348 g/mol. The average molecular weight is 368 g/mol. The number of esters is 1. The molecule has 0 amide bonds. The van der Waals surface area contributed by atoms with Gasteiger partial charge in [0.1, 0.15) is 5.75 Å². The van der Waals surface area contributed by atoms with E-state index in [-0.39, 0.29) is 5.97 Å². The predicted molar refractivity (Wildman–Crippen MR) is 105 cm³/mol. The Morgan fingerprint density at radius 3 is 2.85 bits per heavy atom. The first-order valence-corrected chi connectivity index (χ1v) is 9.13. The summed E-state index contributed by atoms with van der Waals surface area (Å²) >= 11 is 1.50. The van der Waals surface area contributed by atoms with E-state index >= 15 is 0 Å². The van der Waals surface area contributed by atoms with Crippen LogP contribution in [0.25, 0.3) is 11.3 Å². The topological polar surface area (TPSA) is 60.5 Å². The van der Waals surface area contributed by atoms with E-state index in [1.165, 1.54) is 18.4 Å². The number of benzene rings is 2. The summed E-state index contributed by atoms with van der Waals surface area (Å²) in [6, 6.07) is 13.2. The number of carbonyl (C=O) groups excluding carboxylic acids is 1. The van der Waals surface area contributed by atoms with Crippen molar-refractivity contribution < 1.29 is 14.3 Å². The van der Waals surface area contributed by atoms with Crippen molar-refractivity contribution in [2.24, 2.45) is 0 Å². The van der Waals surface area contributed by atoms with Gasteiger partial charge in [-0.3, -0.25) is 0 Å². The lowest BCUT2D eigenvalue weighted by atomic mass is 10.1. The van der Waals surface area contributed by atoms with Crippen LogP contribution >= 0.6 is 11.3 Å². The second-order valence-electron chi connectivity index (χ2n) is 5.67. The summed E-state index contributed by atoms with van der Waals surface area (Å²) in [5.41, 5.74) is 4.25. The van der Waals surface area contributed by atoms with Crippen molar-refractivity contribution in [3.63, 3.8) is 0 Å². The third-order valence-electron chi connectivity index (χ3n) is 3.75. The summed E-state index contributed by atoms with van der Waals surface area (Å²) in [4.78, 5) is 16.3. The van der Waals surface area contributed by atoms with E-state index < -0.39 is 0 Å². The van der Waals surface area contributed by atoms with Gasteiger partial charge in [-0.1, -0.05) is 17.7 Å². The second-order valence-corrected chi connectivity index (χ2v) is 6.53. The van der Waals surface area contributed by atoms with Gasteiger partial charge in [0.2, 0.25) is 0 Å². The summed E-state index contributed by atoms with van der Waals surface area (Å²) < 4.78 is 10.5. The number of aryl methyl sites for hydroxylation is 1. The van der Waals surface area contributed by atoms with Crippen LogP contribution in [0.5, 0.6) is 5.75 Å². The minimum Gasteiger partial charge on any atom is -0.493 e. The number of nitrogens with one attached hydrogen (secondary N) is 1. The van der Waals surface area contributed by atoms with Crippen LogP contribution in [-0.2, 0) is 4.74 Å². The monoisotopic (exact) mass is 368 g/mol. The normalized spacial score (nSPS) is 10.4. The number of nitrogens with zero attached hydrogens (tertiary/aromatic N) is 1. The lowest BCUT2D eigenvalue weighted by molar-refractivity contribution is 0.0601. The fourth-order valence-electron chi connectivity index (χ4n) is 2.55. The first kappa shape index (κ1) is 17.9. The van der Waals surface area contributed by atoms with Crippen molar-refractivity contribution in [1.29, 1.82) is 0 Å². The molecular formula is C20H20N2O3S. The number of carbonyl (C=O) groups is 1. The number of ether oxygens (including phenoxy) is 2. The smallest absolute Gasteiger partial charge is 0.337 e. The van der Waals surface area contributed by atoms with E-state index in [0.717, 1.165) is 33.4 Å². The van der Waals surface area contributed by atoms with Crippen LogP contribution in [0.4, 0.5) is 10.8 Å². The molecule has 0 radical (unpaired) electrons. The molecule has 1 aromatic heterocycles. The van der Waals surface area contributed by atoms with Gasteiger partial charge in [0.25, 0.3) is 0 Å². The van der Waals surface area contributed by atoms with Crippen LogP contribution in [0.2, 0.25) is 0 Å². The summed E-state index contributed by atoms with van der Waals surface area (Å²) in [7, 11) is 1.37. The Labute approximate surface area is 156 Å². The molecule has 0 atom stereocenters. The van der Waals surface area contributed by atoms with E-state index in [1.807, 2.05) is 37.4 Å². The van der Waals surface area contributed by atoms with E-state index in [0.29, 0.717) is 12.2 Å². The summed E-state index contributed by atoms with van der Waals surface area (Å²) in [5.74, 6) is 0.456. The van der Waals surface area contributed by atoms with Crippen molar-refractivity contribution in [2.75, 3.05) is 19.0 Å². The van der Waals surface area contributed by atoms with E-state index in [4.69, 9.17) is 9.47 Å². The Bertz CT molecular complexity index is 921. The molecule has 3 aromatic rings. The number of anilines is 2. The molecule has 0 aliphatic carbocycles. The standard InChI is InChI=1S/C20H20N2O3S/c1-4-25-18-9-8-13(2)10-16(18)17-12-26-20(22-17)21-15-7-5-6-14(11-15)19(23)24-3/h5-12H,4H2,1-3H3,(H,21,22). The molecule has 5 nitrogen and oxygen atoms in total. The summed E-state index contributed by atoms with van der Waals surface area (Å²) in [6.07, 6.45) is 0. The maximum absolute atomic E-state index is 11.7. The molecule has 1 N–H and O–H groups in total. The Morgan fingerprint density at radius 1 is 1.23 bits per heavy atom. The number of hydrogen-bond donors (Lipinski definition) is 1. The van der Waals surface area contributed by atoms with Crippen LogP contribution in [-0.4, -0.2) is 24.7 Å². The van der Waals surface area contributed by atoms with Crippen molar-refractivity contribution in [3.8, 4) is 17.0 Å². The molecule has 26 heavy (non-hydrogen) atoms. The summed E-state index contributed by atoms with van der Waals surface area (Å²) in [5, 5.41) is 5.97. The fourth-order valence-corrected chi connectivity index (χ4v) is 3.28. The molecule has 0 saturated carbocycles.